The number of alkyl halides is 6. The van der Waals surface area contributed by atoms with Crippen molar-refractivity contribution in [2.24, 2.45) is 0 Å². The van der Waals surface area contributed by atoms with Crippen molar-refractivity contribution in [2.75, 3.05) is 16.8 Å². The summed E-state index contributed by atoms with van der Waals surface area (Å²) in [6.45, 7) is 0.569. The van der Waals surface area contributed by atoms with Gasteiger partial charge >= 0.3 is 12.4 Å². The Morgan fingerprint density at radius 3 is 2.42 bits per heavy atom. The molecule has 1 atom stereocenters. The van der Waals surface area contributed by atoms with Crippen molar-refractivity contribution in [3.63, 3.8) is 0 Å². The maximum Gasteiger partial charge on any atom is 0.451 e. The summed E-state index contributed by atoms with van der Waals surface area (Å²) in [4.78, 5) is 25.9. The van der Waals surface area contributed by atoms with Gasteiger partial charge in [0.05, 0.1) is 11.6 Å². The van der Waals surface area contributed by atoms with Crippen LogP contribution in [-0.2, 0) is 30.1 Å². The molecule has 0 amide bonds. The van der Waals surface area contributed by atoms with Crippen LogP contribution in [0, 0.1) is 0 Å². The second kappa shape index (κ2) is 11.4. The molecule has 38 heavy (non-hydrogen) atoms. The number of Topliss-reactive ketones (excluding diaryl/α,β-unsaturated/α-hetero) is 1. The number of pyridine rings is 1. The number of carbonyl (C=O) groups excluding carboxylic acids is 1. The molecule has 2 aromatic heterocycles. The summed E-state index contributed by atoms with van der Waals surface area (Å²) >= 11 is 0. The maximum absolute atomic E-state index is 13.6. The van der Waals surface area contributed by atoms with Crippen LogP contribution in [0.15, 0.2) is 54.9 Å². The second-order valence-electron chi connectivity index (χ2n) is 9.01. The minimum atomic E-state index is -4.78. The van der Waals surface area contributed by atoms with E-state index in [2.05, 4.69) is 20.3 Å². The molecule has 0 saturated carbocycles. The molecule has 12 heteroatoms. The minimum absolute atomic E-state index is 0.0135. The van der Waals surface area contributed by atoms with Gasteiger partial charge < -0.3 is 10.2 Å². The Morgan fingerprint density at radius 1 is 1.00 bits per heavy atom. The number of carbonyl (C=O) groups is 1. The van der Waals surface area contributed by atoms with E-state index >= 15 is 0 Å². The van der Waals surface area contributed by atoms with Crippen LogP contribution < -0.4 is 10.2 Å². The van der Waals surface area contributed by atoms with E-state index in [1.807, 2.05) is 0 Å². The predicted molar refractivity (Wildman–Crippen MR) is 128 cm³/mol. The number of aryl methyl sites for hydroxylation is 1. The molecule has 1 N–H and O–H groups in total. The number of ketones is 1. The first-order valence-electron chi connectivity index (χ1n) is 12.1. The molecule has 1 aromatic carbocycles. The van der Waals surface area contributed by atoms with Gasteiger partial charge in [0.1, 0.15) is 11.6 Å². The van der Waals surface area contributed by atoms with Gasteiger partial charge in [-0.25, -0.2) is 9.97 Å². The number of halogens is 6. The molecule has 0 bridgehead atoms. The molecule has 3 aromatic rings. The van der Waals surface area contributed by atoms with Gasteiger partial charge in [-0.1, -0.05) is 18.2 Å². The van der Waals surface area contributed by atoms with Crippen LogP contribution >= 0.6 is 0 Å². The Hall–Kier alpha value is -3.70. The molecule has 1 aliphatic heterocycles. The fraction of sp³-hybridized carbons (Fsp3) is 0.385. The van der Waals surface area contributed by atoms with Crippen molar-refractivity contribution < 1.29 is 31.1 Å². The molecule has 0 spiro atoms. The first-order chi connectivity index (χ1) is 18.0. The number of hydrogen-bond acceptors (Lipinski definition) is 6. The first kappa shape index (κ1) is 27.3. The Kier molecular flexibility index (Phi) is 8.17. The summed E-state index contributed by atoms with van der Waals surface area (Å²) < 4.78 is 78.9. The molecule has 202 valence electrons. The number of hydrogen-bond donors (Lipinski definition) is 1. The Bertz CT molecular complexity index is 1230. The standard InChI is InChI=1S/C26H25F6N5O/c27-25(28,29)19-10-8-17(9-11-19)4-1-7-21(38)20-6-3-13-37(20)23-14-22(35-24(36-23)26(30,31)32)34-16-18-5-2-12-33-15-18/h2,5,8-12,14-15,20H,1,3-4,6-7,13,16H2,(H,34,35,36)/t20-/m0/s1. The summed E-state index contributed by atoms with van der Waals surface area (Å²) in [5.74, 6) is -1.46. The van der Waals surface area contributed by atoms with Crippen molar-refractivity contribution in [3.05, 3.63) is 77.4 Å². The fourth-order valence-corrected chi connectivity index (χ4v) is 4.36. The summed E-state index contributed by atoms with van der Waals surface area (Å²) in [5, 5.41) is 2.87. The van der Waals surface area contributed by atoms with Crippen LogP contribution in [0.4, 0.5) is 38.0 Å². The highest BCUT2D eigenvalue weighted by Gasteiger charge is 2.38. The second-order valence-corrected chi connectivity index (χ2v) is 9.01. The highest BCUT2D eigenvalue weighted by Crippen LogP contribution is 2.33. The van der Waals surface area contributed by atoms with Crippen molar-refractivity contribution in [1.29, 1.82) is 0 Å². The average molecular weight is 538 g/mol. The van der Waals surface area contributed by atoms with Gasteiger partial charge in [0.15, 0.2) is 5.78 Å². The molecule has 0 unspecified atom stereocenters. The highest BCUT2D eigenvalue weighted by molar-refractivity contribution is 5.87. The average Bonchev–Trinajstić information content (AvgIpc) is 3.37. The summed E-state index contributed by atoms with van der Waals surface area (Å²) in [6, 6.07) is 9.02. The number of benzene rings is 1. The summed E-state index contributed by atoms with van der Waals surface area (Å²) in [7, 11) is 0. The lowest BCUT2D eigenvalue weighted by Gasteiger charge is -2.26. The molecular formula is C26H25F6N5O. The number of rotatable bonds is 9. The maximum atomic E-state index is 13.6. The van der Waals surface area contributed by atoms with Crippen molar-refractivity contribution in [1.82, 2.24) is 15.0 Å². The molecule has 0 radical (unpaired) electrons. The predicted octanol–water partition coefficient (Wildman–Crippen LogP) is 6.08. The highest BCUT2D eigenvalue weighted by atomic mass is 19.4. The van der Waals surface area contributed by atoms with Gasteiger partial charge in [0, 0.05) is 38.0 Å². The van der Waals surface area contributed by atoms with Crippen LogP contribution in [0.3, 0.4) is 0 Å². The van der Waals surface area contributed by atoms with E-state index in [0.29, 0.717) is 37.8 Å². The molecular weight excluding hydrogens is 512 g/mol. The quantitative estimate of drug-likeness (QED) is 0.334. The zero-order valence-electron chi connectivity index (χ0n) is 20.2. The molecule has 4 rings (SSSR count). The van der Waals surface area contributed by atoms with E-state index in [0.717, 1.165) is 17.7 Å². The molecule has 1 saturated heterocycles. The van der Waals surface area contributed by atoms with E-state index in [9.17, 15) is 31.1 Å². The molecule has 6 nitrogen and oxygen atoms in total. The first-order valence-corrected chi connectivity index (χ1v) is 12.1. The van der Waals surface area contributed by atoms with Gasteiger partial charge in [-0.05, 0) is 55.0 Å². The van der Waals surface area contributed by atoms with Crippen LogP contribution in [0.1, 0.15) is 48.2 Å². The SMILES string of the molecule is O=C(CCCc1ccc(C(F)(F)F)cc1)[C@@H]1CCCN1c1cc(NCc2cccnc2)nc(C(F)(F)F)n1. The molecule has 0 aliphatic carbocycles. The Labute approximate surface area is 215 Å². The number of nitrogens with one attached hydrogen (secondary N) is 1. The topological polar surface area (TPSA) is 71.0 Å². The lowest BCUT2D eigenvalue weighted by Crippen LogP contribution is -2.37. The summed E-state index contributed by atoms with van der Waals surface area (Å²) in [5.41, 5.74) is 0.684. The van der Waals surface area contributed by atoms with E-state index in [1.165, 1.54) is 18.2 Å². The third-order valence-electron chi connectivity index (χ3n) is 6.25. The third-order valence-corrected chi connectivity index (χ3v) is 6.25. The van der Waals surface area contributed by atoms with Crippen LogP contribution in [0.5, 0.6) is 0 Å². The number of anilines is 2. The van der Waals surface area contributed by atoms with Gasteiger partial charge in [-0.2, -0.15) is 26.3 Å². The van der Waals surface area contributed by atoms with E-state index in [4.69, 9.17) is 0 Å². The van der Waals surface area contributed by atoms with Gasteiger partial charge in [-0.3, -0.25) is 9.78 Å². The lowest BCUT2D eigenvalue weighted by atomic mass is 10.0. The largest absolute Gasteiger partial charge is 0.451 e. The van der Waals surface area contributed by atoms with Gasteiger partial charge in [0.2, 0.25) is 5.82 Å². The van der Waals surface area contributed by atoms with E-state index < -0.39 is 29.8 Å². The Morgan fingerprint density at radius 2 is 1.76 bits per heavy atom. The zero-order chi connectivity index (χ0) is 27.3. The van der Waals surface area contributed by atoms with E-state index in [-0.39, 0.29) is 30.4 Å². The number of aromatic nitrogens is 3. The van der Waals surface area contributed by atoms with Crippen LogP contribution in [0.25, 0.3) is 0 Å². The smallest absolute Gasteiger partial charge is 0.366 e. The summed E-state index contributed by atoms with van der Waals surface area (Å²) in [6.07, 6.45) is -3.98. The van der Waals surface area contributed by atoms with Crippen LogP contribution in [0.2, 0.25) is 0 Å². The Balaban J connectivity index is 1.43. The van der Waals surface area contributed by atoms with Gasteiger partial charge in [0.25, 0.3) is 0 Å². The van der Waals surface area contributed by atoms with E-state index in [1.54, 1.807) is 29.4 Å². The third kappa shape index (κ3) is 6.99. The lowest BCUT2D eigenvalue weighted by molar-refractivity contribution is -0.144. The van der Waals surface area contributed by atoms with Crippen molar-refractivity contribution in [3.8, 4) is 0 Å². The monoisotopic (exact) mass is 537 g/mol. The van der Waals surface area contributed by atoms with Crippen LogP contribution in [-0.4, -0.2) is 33.3 Å². The van der Waals surface area contributed by atoms with Gasteiger partial charge in [-0.15, -0.1) is 0 Å². The normalized spacial score (nSPS) is 16.1. The molecule has 3 heterocycles. The molecule has 1 aliphatic rings. The number of nitrogens with zero attached hydrogens (tertiary/aromatic N) is 4. The zero-order valence-corrected chi connectivity index (χ0v) is 20.2. The van der Waals surface area contributed by atoms with Crippen molar-refractivity contribution in [2.45, 2.75) is 57.0 Å². The van der Waals surface area contributed by atoms with Crippen molar-refractivity contribution >= 4 is 17.4 Å². The fourth-order valence-electron chi connectivity index (χ4n) is 4.36. The molecule has 1 fully saturated rings. The minimum Gasteiger partial charge on any atom is -0.366 e.